The summed E-state index contributed by atoms with van der Waals surface area (Å²) in [5, 5.41) is 4.51. The van der Waals surface area contributed by atoms with Gasteiger partial charge in [-0.05, 0) is 31.9 Å². The van der Waals surface area contributed by atoms with Crippen molar-refractivity contribution in [1.29, 1.82) is 0 Å². The number of fused-ring (bicyclic) bond motifs is 1. The van der Waals surface area contributed by atoms with Gasteiger partial charge in [-0.25, -0.2) is 10.4 Å². The number of amides is 1. The van der Waals surface area contributed by atoms with Gasteiger partial charge in [0.15, 0.2) is 5.58 Å². The highest BCUT2D eigenvalue weighted by Crippen LogP contribution is 2.22. The largest absolute Gasteiger partial charge is 0.431 e. The molecule has 0 spiro atoms. The fraction of sp³-hybridized carbons (Fsp3) is 0.267. The molecule has 1 heterocycles. The maximum Gasteiger partial charge on any atom is 0.257 e. The van der Waals surface area contributed by atoms with Crippen molar-refractivity contribution in [2.75, 3.05) is 5.75 Å². The Morgan fingerprint density at radius 1 is 1.52 bits per heavy atom. The lowest BCUT2D eigenvalue weighted by molar-refractivity contribution is -0.118. The number of aromatic nitrogens is 1. The van der Waals surface area contributed by atoms with E-state index in [1.165, 1.54) is 11.8 Å². The van der Waals surface area contributed by atoms with Gasteiger partial charge < -0.3 is 4.42 Å². The molecule has 21 heavy (non-hydrogen) atoms. The van der Waals surface area contributed by atoms with E-state index in [1.54, 1.807) is 0 Å². The van der Waals surface area contributed by atoms with Gasteiger partial charge in [-0.1, -0.05) is 30.0 Å². The number of carbonyl (C=O) groups is 1. The molecular formula is C15H17N3O2S. The molecule has 1 aromatic carbocycles. The van der Waals surface area contributed by atoms with Crippen molar-refractivity contribution >= 4 is 34.5 Å². The molecule has 0 radical (unpaired) electrons. The van der Waals surface area contributed by atoms with Crippen LogP contribution in [0.5, 0.6) is 0 Å². The highest BCUT2D eigenvalue weighted by atomic mass is 32.2. The lowest BCUT2D eigenvalue weighted by Gasteiger charge is -2.00. The molecule has 1 N–H and O–H groups in total. The quantitative estimate of drug-likeness (QED) is 0.368. The molecule has 0 saturated carbocycles. The molecule has 0 bridgehead atoms. The van der Waals surface area contributed by atoms with Crippen molar-refractivity contribution in [3.05, 3.63) is 36.9 Å². The summed E-state index contributed by atoms with van der Waals surface area (Å²) < 4.78 is 5.52. The van der Waals surface area contributed by atoms with Gasteiger partial charge in [0.1, 0.15) is 5.52 Å². The second-order valence-electron chi connectivity index (χ2n) is 4.45. The van der Waals surface area contributed by atoms with Gasteiger partial charge in [-0.2, -0.15) is 5.10 Å². The molecule has 2 aromatic rings. The Balaban J connectivity index is 1.82. The summed E-state index contributed by atoms with van der Waals surface area (Å²) in [6, 6.07) is 7.50. The van der Waals surface area contributed by atoms with Crippen molar-refractivity contribution < 1.29 is 9.21 Å². The number of oxazole rings is 1. The van der Waals surface area contributed by atoms with E-state index in [9.17, 15) is 4.79 Å². The number of nitrogens with one attached hydrogen (secondary N) is 1. The fourth-order valence-corrected chi connectivity index (χ4v) is 2.23. The van der Waals surface area contributed by atoms with Crippen LogP contribution in [0.15, 0.2) is 51.7 Å². The molecule has 0 aliphatic heterocycles. The van der Waals surface area contributed by atoms with Gasteiger partial charge in [0.2, 0.25) is 0 Å². The van der Waals surface area contributed by atoms with Crippen LogP contribution in [-0.4, -0.2) is 22.4 Å². The van der Waals surface area contributed by atoms with E-state index >= 15 is 0 Å². The lowest BCUT2D eigenvalue weighted by Crippen LogP contribution is -2.20. The van der Waals surface area contributed by atoms with E-state index in [0.717, 1.165) is 29.7 Å². The number of hydrogen-bond acceptors (Lipinski definition) is 5. The molecular weight excluding hydrogens is 286 g/mol. The van der Waals surface area contributed by atoms with Crippen LogP contribution >= 0.6 is 11.8 Å². The predicted octanol–water partition coefficient (Wildman–Crippen LogP) is 3.38. The van der Waals surface area contributed by atoms with E-state index in [-0.39, 0.29) is 11.7 Å². The number of hydrogen-bond donors (Lipinski definition) is 1. The number of rotatable bonds is 7. The first kappa shape index (κ1) is 15.3. The third kappa shape index (κ3) is 4.75. The monoisotopic (exact) mass is 303 g/mol. The highest BCUT2D eigenvalue weighted by molar-refractivity contribution is 7.99. The Labute approximate surface area is 127 Å². The minimum atomic E-state index is -0.180. The van der Waals surface area contributed by atoms with Gasteiger partial charge >= 0.3 is 0 Å². The van der Waals surface area contributed by atoms with Crippen LogP contribution in [0.1, 0.15) is 19.8 Å². The second kappa shape index (κ2) is 7.64. The van der Waals surface area contributed by atoms with Crippen LogP contribution in [0.4, 0.5) is 0 Å². The van der Waals surface area contributed by atoms with Crippen LogP contribution in [0, 0.1) is 0 Å². The molecule has 0 atom stereocenters. The maximum atomic E-state index is 11.7. The zero-order valence-electron chi connectivity index (χ0n) is 11.8. The molecule has 0 aliphatic carbocycles. The first-order chi connectivity index (χ1) is 10.2. The number of benzene rings is 1. The minimum Gasteiger partial charge on any atom is -0.431 e. The summed E-state index contributed by atoms with van der Waals surface area (Å²) >= 11 is 1.25. The molecule has 0 unspecified atom stereocenters. The smallest absolute Gasteiger partial charge is 0.257 e. The predicted molar refractivity (Wildman–Crippen MR) is 85.4 cm³/mol. The molecule has 1 amide bonds. The summed E-state index contributed by atoms with van der Waals surface area (Å²) in [6.45, 7) is 5.52. The lowest BCUT2D eigenvalue weighted by atomic mass is 10.2. The summed E-state index contributed by atoms with van der Waals surface area (Å²) in [5.74, 6) is 0.0330. The molecule has 1 aromatic heterocycles. The number of allylic oxidation sites excluding steroid dienone is 1. The van der Waals surface area contributed by atoms with Crippen molar-refractivity contribution in [2.24, 2.45) is 5.10 Å². The normalized spacial score (nSPS) is 11.6. The highest BCUT2D eigenvalue weighted by Gasteiger charge is 2.08. The van der Waals surface area contributed by atoms with Gasteiger partial charge in [0, 0.05) is 5.71 Å². The Kier molecular flexibility index (Phi) is 5.57. The topological polar surface area (TPSA) is 67.5 Å². The number of hydrazone groups is 1. The third-order valence-corrected chi connectivity index (χ3v) is 3.51. The summed E-state index contributed by atoms with van der Waals surface area (Å²) in [6.07, 6.45) is 3.47. The summed E-state index contributed by atoms with van der Waals surface area (Å²) in [7, 11) is 0. The fourth-order valence-electron chi connectivity index (χ4n) is 1.60. The Hall–Kier alpha value is -2.08. The van der Waals surface area contributed by atoms with Crippen LogP contribution in [-0.2, 0) is 4.79 Å². The molecule has 5 nitrogen and oxygen atoms in total. The SMILES string of the molecule is C=CCC/C(C)=N\NC(=O)CSc1nc2ccccc2o1. The number of nitrogens with zero attached hydrogens (tertiary/aromatic N) is 2. The molecule has 0 fully saturated rings. The average molecular weight is 303 g/mol. The zero-order chi connectivity index (χ0) is 15.1. The van der Waals surface area contributed by atoms with E-state index < -0.39 is 0 Å². The number of thioether (sulfide) groups is 1. The van der Waals surface area contributed by atoms with Crippen molar-refractivity contribution in [1.82, 2.24) is 10.4 Å². The van der Waals surface area contributed by atoms with E-state index in [2.05, 4.69) is 22.1 Å². The van der Waals surface area contributed by atoms with E-state index in [1.807, 2.05) is 37.3 Å². The number of carbonyl (C=O) groups excluding carboxylic acids is 1. The number of para-hydroxylation sites is 2. The second-order valence-corrected chi connectivity index (χ2v) is 5.37. The van der Waals surface area contributed by atoms with E-state index in [4.69, 9.17) is 4.42 Å². The Bertz CT molecular complexity index is 631. The van der Waals surface area contributed by atoms with Gasteiger partial charge in [0.25, 0.3) is 11.1 Å². The average Bonchev–Trinajstić information content (AvgIpc) is 2.91. The van der Waals surface area contributed by atoms with Crippen molar-refractivity contribution in [3.63, 3.8) is 0 Å². The van der Waals surface area contributed by atoms with Gasteiger partial charge in [-0.3, -0.25) is 4.79 Å². The van der Waals surface area contributed by atoms with Crippen LogP contribution < -0.4 is 5.43 Å². The molecule has 0 aliphatic rings. The standard InChI is InChI=1S/C15H17N3O2S/c1-3-4-7-11(2)17-18-14(19)10-21-15-16-12-8-5-6-9-13(12)20-15/h3,5-6,8-9H,1,4,7,10H2,2H3,(H,18,19)/b17-11-. The molecule has 0 saturated heterocycles. The van der Waals surface area contributed by atoms with Crippen molar-refractivity contribution in [3.8, 4) is 0 Å². The molecule has 6 heteroatoms. The maximum absolute atomic E-state index is 11.7. The van der Waals surface area contributed by atoms with Crippen molar-refractivity contribution in [2.45, 2.75) is 25.0 Å². The van der Waals surface area contributed by atoms with E-state index in [0.29, 0.717) is 5.22 Å². The van der Waals surface area contributed by atoms with Crippen LogP contribution in [0.25, 0.3) is 11.1 Å². The summed E-state index contributed by atoms with van der Waals surface area (Å²) in [5.41, 5.74) is 4.90. The molecule has 110 valence electrons. The Morgan fingerprint density at radius 2 is 2.33 bits per heavy atom. The first-order valence-corrected chi connectivity index (χ1v) is 7.59. The molecule has 2 rings (SSSR count). The van der Waals surface area contributed by atoms with Crippen LogP contribution in [0.2, 0.25) is 0 Å². The van der Waals surface area contributed by atoms with Gasteiger partial charge in [-0.15, -0.1) is 6.58 Å². The minimum absolute atomic E-state index is 0.180. The van der Waals surface area contributed by atoms with Gasteiger partial charge in [0.05, 0.1) is 5.75 Å². The Morgan fingerprint density at radius 3 is 3.10 bits per heavy atom. The first-order valence-electron chi connectivity index (χ1n) is 6.60. The third-order valence-electron chi connectivity index (χ3n) is 2.68. The zero-order valence-corrected chi connectivity index (χ0v) is 12.7. The summed E-state index contributed by atoms with van der Waals surface area (Å²) in [4.78, 5) is 16.0. The van der Waals surface area contributed by atoms with Crippen LogP contribution in [0.3, 0.4) is 0 Å².